The zero-order chi connectivity index (χ0) is 25.5. The molecule has 0 aliphatic rings. The Bertz CT molecular complexity index is 670. The van der Waals surface area contributed by atoms with E-state index < -0.39 is 0 Å². The SMILES string of the molecule is CCCCCCCCCCCCSc1csc(-c2cc(SCCCCCCCCCCCC)cs2)c1. The van der Waals surface area contributed by atoms with Crippen LogP contribution in [-0.2, 0) is 0 Å². The van der Waals surface area contributed by atoms with Crippen molar-refractivity contribution in [2.45, 2.75) is 152 Å². The van der Waals surface area contributed by atoms with Crippen molar-refractivity contribution in [3.8, 4) is 9.75 Å². The van der Waals surface area contributed by atoms with Gasteiger partial charge < -0.3 is 0 Å². The highest BCUT2D eigenvalue weighted by atomic mass is 32.2. The van der Waals surface area contributed by atoms with Crippen molar-refractivity contribution in [2.24, 2.45) is 0 Å². The Morgan fingerprint density at radius 3 is 1.08 bits per heavy atom. The fourth-order valence-electron chi connectivity index (χ4n) is 4.61. The molecule has 0 saturated heterocycles. The van der Waals surface area contributed by atoms with Crippen LogP contribution < -0.4 is 0 Å². The minimum Gasteiger partial charge on any atom is -0.142 e. The second-order valence-corrected chi connectivity index (χ2v) is 14.5. The van der Waals surface area contributed by atoms with Crippen LogP contribution in [0.3, 0.4) is 0 Å². The largest absolute Gasteiger partial charge is 0.142 e. The van der Waals surface area contributed by atoms with Crippen LogP contribution in [0.15, 0.2) is 32.7 Å². The normalized spacial score (nSPS) is 11.5. The molecule has 0 N–H and O–H groups in total. The Labute approximate surface area is 241 Å². The van der Waals surface area contributed by atoms with Crippen molar-refractivity contribution >= 4 is 46.2 Å². The first-order valence-corrected chi connectivity index (χ1v) is 19.0. The van der Waals surface area contributed by atoms with Gasteiger partial charge in [0.05, 0.1) is 0 Å². The van der Waals surface area contributed by atoms with Gasteiger partial charge in [-0.3, -0.25) is 0 Å². The Balaban J connectivity index is 1.47. The molecule has 0 atom stereocenters. The van der Waals surface area contributed by atoms with Gasteiger partial charge in [-0.2, -0.15) is 0 Å². The second-order valence-electron chi connectivity index (χ2n) is 10.4. The van der Waals surface area contributed by atoms with Crippen molar-refractivity contribution < 1.29 is 0 Å². The summed E-state index contributed by atoms with van der Waals surface area (Å²) in [5.41, 5.74) is 0. The summed E-state index contributed by atoms with van der Waals surface area (Å²) >= 11 is 7.97. The molecule has 2 rings (SSSR count). The number of hydrogen-bond acceptors (Lipinski definition) is 4. The van der Waals surface area contributed by atoms with Gasteiger partial charge in [-0.25, -0.2) is 0 Å². The lowest BCUT2D eigenvalue weighted by atomic mass is 10.1. The van der Waals surface area contributed by atoms with Crippen LogP contribution in [0.2, 0.25) is 0 Å². The van der Waals surface area contributed by atoms with Crippen LogP contribution in [0.4, 0.5) is 0 Å². The van der Waals surface area contributed by atoms with Crippen LogP contribution >= 0.6 is 46.2 Å². The van der Waals surface area contributed by atoms with Crippen LogP contribution in [0, 0.1) is 0 Å². The number of unbranched alkanes of at least 4 members (excludes halogenated alkanes) is 18. The molecule has 0 amide bonds. The van der Waals surface area contributed by atoms with Gasteiger partial charge in [0, 0.05) is 30.3 Å². The standard InChI is InChI=1S/C32H54S4/c1-3-5-7-9-11-13-15-17-19-21-23-33-29-25-31(35-27-29)32-26-30(28-36-32)34-24-22-20-18-16-14-12-10-8-6-4-2/h25-28H,3-24H2,1-2H3. The molecule has 2 aromatic rings. The lowest BCUT2D eigenvalue weighted by Crippen LogP contribution is -1.83. The average molecular weight is 567 g/mol. The summed E-state index contributed by atoms with van der Waals surface area (Å²) in [5, 5.41) is 4.74. The maximum Gasteiger partial charge on any atom is 0.0454 e. The molecule has 206 valence electrons. The molecular weight excluding hydrogens is 513 g/mol. The van der Waals surface area contributed by atoms with Crippen molar-refractivity contribution in [3.63, 3.8) is 0 Å². The Kier molecular flexibility index (Phi) is 20.7. The molecule has 0 aliphatic heterocycles. The topological polar surface area (TPSA) is 0 Å². The lowest BCUT2D eigenvalue weighted by molar-refractivity contribution is 0.563. The Morgan fingerprint density at radius 2 is 0.750 bits per heavy atom. The zero-order valence-electron chi connectivity index (χ0n) is 23.5. The van der Waals surface area contributed by atoms with Gasteiger partial charge in [-0.15, -0.1) is 46.2 Å². The van der Waals surface area contributed by atoms with E-state index in [4.69, 9.17) is 0 Å². The first-order chi connectivity index (χ1) is 17.8. The number of thioether (sulfide) groups is 2. The molecule has 0 saturated carbocycles. The minimum atomic E-state index is 1.27. The Hall–Kier alpha value is 0.1000. The van der Waals surface area contributed by atoms with Crippen LogP contribution in [0.1, 0.15) is 142 Å². The van der Waals surface area contributed by atoms with Crippen LogP contribution in [0.5, 0.6) is 0 Å². The highest BCUT2D eigenvalue weighted by Gasteiger charge is 2.07. The minimum absolute atomic E-state index is 1.27. The highest BCUT2D eigenvalue weighted by molar-refractivity contribution is 7.99. The predicted molar refractivity (Wildman–Crippen MR) is 173 cm³/mol. The molecule has 4 heteroatoms. The fourth-order valence-corrected chi connectivity index (χ4v) is 8.81. The molecule has 2 aromatic heterocycles. The molecular formula is C32H54S4. The fraction of sp³-hybridized carbons (Fsp3) is 0.750. The van der Waals surface area contributed by atoms with Gasteiger partial charge in [-0.05, 0) is 36.5 Å². The first-order valence-electron chi connectivity index (χ1n) is 15.3. The molecule has 0 aromatic carbocycles. The smallest absolute Gasteiger partial charge is 0.0454 e. The average Bonchev–Trinajstić information content (AvgIpc) is 3.55. The lowest BCUT2D eigenvalue weighted by Gasteiger charge is -2.02. The van der Waals surface area contributed by atoms with Gasteiger partial charge in [0.2, 0.25) is 0 Å². The van der Waals surface area contributed by atoms with Crippen LogP contribution in [-0.4, -0.2) is 11.5 Å². The van der Waals surface area contributed by atoms with E-state index in [1.165, 1.54) is 159 Å². The van der Waals surface area contributed by atoms with Gasteiger partial charge in [0.1, 0.15) is 0 Å². The van der Waals surface area contributed by atoms with E-state index in [1.54, 1.807) is 0 Å². The summed E-state index contributed by atoms with van der Waals surface area (Å²) in [7, 11) is 0. The quantitative estimate of drug-likeness (QED) is 0.0865. The van der Waals surface area contributed by atoms with Crippen molar-refractivity contribution in [2.75, 3.05) is 11.5 Å². The molecule has 0 radical (unpaired) electrons. The molecule has 36 heavy (non-hydrogen) atoms. The molecule has 0 bridgehead atoms. The van der Waals surface area contributed by atoms with E-state index in [-0.39, 0.29) is 0 Å². The predicted octanol–water partition coefficient (Wildman–Crippen LogP) is 13.5. The third kappa shape index (κ3) is 16.1. The third-order valence-corrected chi connectivity index (χ3v) is 11.4. The zero-order valence-corrected chi connectivity index (χ0v) is 26.8. The molecule has 0 unspecified atom stereocenters. The van der Waals surface area contributed by atoms with E-state index in [0.717, 1.165) is 0 Å². The molecule has 0 spiro atoms. The summed E-state index contributed by atoms with van der Waals surface area (Å²) in [6, 6.07) is 4.85. The first kappa shape index (κ1) is 32.3. The van der Waals surface area contributed by atoms with Gasteiger partial charge in [-0.1, -0.05) is 129 Å². The van der Waals surface area contributed by atoms with Gasteiger partial charge in [0.25, 0.3) is 0 Å². The van der Waals surface area contributed by atoms with Crippen molar-refractivity contribution in [3.05, 3.63) is 22.9 Å². The van der Waals surface area contributed by atoms with Crippen LogP contribution in [0.25, 0.3) is 9.75 Å². The maximum absolute atomic E-state index is 2.42. The molecule has 2 heterocycles. The Morgan fingerprint density at radius 1 is 0.444 bits per heavy atom. The van der Waals surface area contributed by atoms with Crippen molar-refractivity contribution in [1.82, 2.24) is 0 Å². The summed E-state index contributed by atoms with van der Waals surface area (Å²) in [5.74, 6) is 2.55. The number of hydrogen-bond donors (Lipinski definition) is 0. The van der Waals surface area contributed by atoms with E-state index in [9.17, 15) is 0 Å². The number of rotatable bonds is 25. The molecule has 0 aliphatic carbocycles. The van der Waals surface area contributed by atoms with E-state index in [1.807, 2.05) is 22.7 Å². The van der Waals surface area contributed by atoms with Gasteiger partial charge in [0.15, 0.2) is 0 Å². The van der Waals surface area contributed by atoms with Gasteiger partial charge >= 0.3 is 0 Å². The highest BCUT2D eigenvalue weighted by Crippen LogP contribution is 2.38. The maximum atomic E-state index is 2.42. The van der Waals surface area contributed by atoms with Crippen molar-refractivity contribution in [1.29, 1.82) is 0 Å². The summed E-state index contributed by atoms with van der Waals surface area (Å²) in [6.45, 7) is 4.60. The summed E-state index contributed by atoms with van der Waals surface area (Å²) in [6.07, 6.45) is 28.4. The monoisotopic (exact) mass is 566 g/mol. The summed E-state index contributed by atoms with van der Waals surface area (Å²) < 4.78 is 0. The summed E-state index contributed by atoms with van der Waals surface area (Å²) in [4.78, 5) is 5.85. The number of thiophene rings is 2. The van der Waals surface area contributed by atoms with E-state index >= 15 is 0 Å². The molecule has 0 fully saturated rings. The molecule has 0 nitrogen and oxygen atoms in total. The van der Waals surface area contributed by atoms with E-state index in [2.05, 4.69) is 60.3 Å². The second kappa shape index (κ2) is 23.0. The van der Waals surface area contributed by atoms with E-state index in [0.29, 0.717) is 0 Å². The third-order valence-electron chi connectivity index (χ3n) is 6.93.